The highest BCUT2D eigenvalue weighted by molar-refractivity contribution is 6.07. The van der Waals surface area contributed by atoms with Crippen LogP contribution in [0.4, 0.5) is 39.9 Å². The van der Waals surface area contributed by atoms with E-state index in [9.17, 15) is 44.7 Å². The smallest absolute Gasteiger partial charge is 0.430 e. The van der Waals surface area contributed by atoms with Gasteiger partial charge < -0.3 is 14.8 Å². The maximum Gasteiger partial charge on any atom is 0.430 e. The predicted octanol–water partition coefficient (Wildman–Crippen LogP) is 7.35. The van der Waals surface area contributed by atoms with Crippen LogP contribution in [0, 0.1) is 11.6 Å². The number of benzene rings is 2. The molecule has 0 saturated carbocycles. The molecular formula is C30H32F8N2O4. The molecule has 1 fully saturated rings. The lowest BCUT2D eigenvalue weighted by molar-refractivity contribution is -0.385. The molecule has 14 heteroatoms. The minimum Gasteiger partial charge on any atom is -0.493 e. The lowest BCUT2D eigenvalue weighted by Gasteiger charge is -2.34. The molecule has 44 heavy (non-hydrogen) atoms. The number of hydrogen-bond donors (Lipinski definition) is 1. The molecule has 1 unspecified atom stereocenters. The Morgan fingerprint density at radius 1 is 0.955 bits per heavy atom. The van der Waals surface area contributed by atoms with Crippen molar-refractivity contribution in [2.24, 2.45) is 0 Å². The third-order valence-electron chi connectivity index (χ3n) is 8.00. The maximum absolute atomic E-state index is 14.0. The average molecular weight is 637 g/mol. The minimum absolute atomic E-state index is 0.000841. The van der Waals surface area contributed by atoms with Gasteiger partial charge in [0.15, 0.2) is 11.6 Å². The van der Waals surface area contributed by atoms with Gasteiger partial charge >= 0.3 is 18.4 Å². The number of urea groups is 1. The minimum atomic E-state index is -5.74. The van der Waals surface area contributed by atoms with Gasteiger partial charge in [-0.05, 0) is 67.5 Å². The Morgan fingerprint density at radius 3 is 2.20 bits per heavy atom. The van der Waals surface area contributed by atoms with Crippen LogP contribution in [0.3, 0.4) is 0 Å². The van der Waals surface area contributed by atoms with Crippen molar-refractivity contribution in [1.82, 2.24) is 10.2 Å². The summed E-state index contributed by atoms with van der Waals surface area (Å²) in [5.74, 6) is -2.73. The fraction of sp³-hybridized carbons (Fsp3) is 0.533. The van der Waals surface area contributed by atoms with Crippen LogP contribution in [0.15, 0.2) is 24.3 Å². The van der Waals surface area contributed by atoms with E-state index in [0.717, 1.165) is 23.1 Å². The Hall–Kier alpha value is -3.42. The first-order chi connectivity index (χ1) is 20.5. The van der Waals surface area contributed by atoms with Crippen LogP contribution in [0.1, 0.15) is 74.3 Å². The average Bonchev–Trinajstić information content (AvgIpc) is 3.43. The number of fused-ring (bicyclic) bond motifs is 1. The van der Waals surface area contributed by atoms with Crippen molar-refractivity contribution >= 4 is 11.9 Å². The van der Waals surface area contributed by atoms with E-state index >= 15 is 0 Å². The number of halogens is 8. The number of aryl methyl sites for hydroxylation is 1. The van der Waals surface area contributed by atoms with Gasteiger partial charge in [-0.15, -0.1) is 0 Å². The Balaban J connectivity index is 1.51. The van der Waals surface area contributed by atoms with Crippen LogP contribution in [-0.2, 0) is 40.1 Å². The first kappa shape index (κ1) is 33.5. The van der Waals surface area contributed by atoms with E-state index < -0.39 is 59.2 Å². The molecule has 0 radical (unpaired) electrons. The summed E-state index contributed by atoms with van der Waals surface area (Å²) < 4.78 is 122. The SMILES string of the molecule is CCCc1cc2c(c(CCC)c1OCCCCN1C(=O)NC(C)(c3ccc(F)c(F)c3)C1=O)COC2(C(F)(F)F)C(F)(F)F. The topological polar surface area (TPSA) is 67.9 Å². The van der Waals surface area contributed by atoms with E-state index in [4.69, 9.17) is 4.74 Å². The number of nitrogens with one attached hydrogen (secondary N) is 1. The highest BCUT2D eigenvalue weighted by Crippen LogP contribution is 2.58. The Bertz CT molecular complexity index is 1410. The number of ether oxygens (including phenoxy) is 2. The number of rotatable bonds is 11. The molecule has 2 aliphatic heterocycles. The Labute approximate surface area is 248 Å². The molecule has 2 aliphatic rings. The van der Waals surface area contributed by atoms with E-state index in [1.807, 2.05) is 0 Å². The van der Waals surface area contributed by atoms with Gasteiger partial charge in [0.2, 0.25) is 0 Å². The van der Waals surface area contributed by atoms with Crippen molar-refractivity contribution in [2.75, 3.05) is 13.2 Å². The maximum atomic E-state index is 14.0. The highest BCUT2D eigenvalue weighted by atomic mass is 19.4. The van der Waals surface area contributed by atoms with Gasteiger partial charge in [-0.25, -0.2) is 13.6 Å². The lowest BCUT2D eigenvalue weighted by atomic mass is 9.84. The van der Waals surface area contributed by atoms with Crippen LogP contribution in [0.25, 0.3) is 0 Å². The molecule has 4 rings (SSSR count). The monoisotopic (exact) mass is 636 g/mol. The molecular weight excluding hydrogens is 604 g/mol. The molecule has 2 heterocycles. The highest BCUT2D eigenvalue weighted by Gasteiger charge is 2.76. The Morgan fingerprint density at radius 2 is 1.61 bits per heavy atom. The third kappa shape index (κ3) is 5.61. The van der Waals surface area contributed by atoms with Gasteiger partial charge in [-0.2, -0.15) is 26.3 Å². The molecule has 0 aliphatic carbocycles. The van der Waals surface area contributed by atoms with Crippen LogP contribution in [0.5, 0.6) is 5.75 Å². The van der Waals surface area contributed by atoms with E-state index in [0.29, 0.717) is 12.8 Å². The van der Waals surface area contributed by atoms with E-state index in [-0.39, 0.29) is 66.8 Å². The van der Waals surface area contributed by atoms with Crippen LogP contribution >= 0.6 is 0 Å². The van der Waals surface area contributed by atoms with Gasteiger partial charge in [0.1, 0.15) is 11.3 Å². The molecule has 3 amide bonds. The van der Waals surface area contributed by atoms with E-state index in [1.165, 1.54) is 13.0 Å². The summed E-state index contributed by atoms with van der Waals surface area (Å²) in [6.45, 7) is 3.92. The molecule has 242 valence electrons. The third-order valence-corrected chi connectivity index (χ3v) is 8.00. The fourth-order valence-corrected chi connectivity index (χ4v) is 5.79. The molecule has 6 nitrogen and oxygen atoms in total. The second-order valence-electron chi connectivity index (χ2n) is 11.0. The number of unbranched alkanes of at least 4 members (excludes halogenated alkanes) is 1. The van der Waals surface area contributed by atoms with Crippen molar-refractivity contribution in [3.8, 4) is 5.75 Å². The second-order valence-corrected chi connectivity index (χ2v) is 11.0. The van der Waals surface area contributed by atoms with Crippen molar-refractivity contribution in [1.29, 1.82) is 0 Å². The summed E-state index contributed by atoms with van der Waals surface area (Å²) in [7, 11) is 0. The fourth-order valence-electron chi connectivity index (χ4n) is 5.79. The number of imide groups is 1. The zero-order valence-corrected chi connectivity index (χ0v) is 24.3. The van der Waals surface area contributed by atoms with Crippen LogP contribution in [0.2, 0.25) is 0 Å². The number of carbonyl (C=O) groups excluding carboxylic acids is 2. The largest absolute Gasteiger partial charge is 0.493 e. The van der Waals surface area contributed by atoms with E-state index in [1.54, 1.807) is 13.8 Å². The molecule has 0 aromatic heterocycles. The second kappa shape index (κ2) is 12.2. The molecule has 2 aromatic rings. The van der Waals surface area contributed by atoms with Crippen LogP contribution < -0.4 is 10.1 Å². The summed E-state index contributed by atoms with van der Waals surface area (Å²) in [6, 6.07) is 3.06. The van der Waals surface area contributed by atoms with Crippen molar-refractivity contribution in [3.63, 3.8) is 0 Å². The zero-order valence-electron chi connectivity index (χ0n) is 24.3. The Kier molecular flexibility index (Phi) is 9.26. The first-order valence-electron chi connectivity index (χ1n) is 14.2. The molecule has 0 bridgehead atoms. The summed E-state index contributed by atoms with van der Waals surface area (Å²) in [4.78, 5) is 26.6. The first-order valence-corrected chi connectivity index (χ1v) is 14.2. The normalized spacial score (nSPS) is 19.8. The van der Waals surface area contributed by atoms with E-state index in [2.05, 4.69) is 10.1 Å². The number of carbonyl (C=O) groups is 2. The van der Waals surface area contributed by atoms with Gasteiger partial charge in [-0.3, -0.25) is 9.69 Å². The van der Waals surface area contributed by atoms with Gasteiger partial charge in [0, 0.05) is 17.7 Å². The molecule has 1 N–H and O–H groups in total. The standard InChI is InChI=1S/C30H32F8N2O4/c1-4-8-17-14-21-20(16-44-28(21,29(33,34)35)30(36,37)38)19(9-5-2)24(17)43-13-7-6-12-40-25(41)27(3,39-26(40)42)18-10-11-22(31)23(32)15-18/h10-11,14-15H,4-9,12-13,16H2,1-3H3,(H,39,42). The van der Waals surface area contributed by atoms with Crippen LogP contribution in [-0.4, -0.2) is 42.3 Å². The number of alkyl halides is 6. The van der Waals surface area contributed by atoms with Gasteiger partial charge in [0.05, 0.1) is 13.2 Å². The molecule has 2 aromatic carbocycles. The van der Waals surface area contributed by atoms with Crippen molar-refractivity contribution < 1.29 is 54.2 Å². The quantitative estimate of drug-likeness (QED) is 0.159. The van der Waals surface area contributed by atoms with Gasteiger partial charge in [-0.1, -0.05) is 32.8 Å². The molecule has 1 saturated heterocycles. The predicted molar refractivity (Wildman–Crippen MR) is 142 cm³/mol. The number of amides is 3. The number of hydrogen-bond acceptors (Lipinski definition) is 4. The van der Waals surface area contributed by atoms with Crippen molar-refractivity contribution in [3.05, 3.63) is 63.7 Å². The lowest BCUT2D eigenvalue weighted by Crippen LogP contribution is -2.53. The zero-order chi connectivity index (χ0) is 32.7. The summed E-state index contributed by atoms with van der Waals surface area (Å²) in [6.07, 6.45) is -9.79. The number of nitrogens with zero attached hydrogens (tertiary/aromatic N) is 1. The molecule has 0 spiro atoms. The molecule has 1 atom stereocenters. The van der Waals surface area contributed by atoms with Crippen molar-refractivity contribution in [2.45, 2.75) is 89.4 Å². The summed E-state index contributed by atoms with van der Waals surface area (Å²) in [5.41, 5.74) is -6.69. The van der Waals surface area contributed by atoms with Gasteiger partial charge in [0.25, 0.3) is 11.5 Å². The summed E-state index contributed by atoms with van der Waals surface area (Å²) >= 11 is 0. The summed E-state index contributed by atoms with van der Waals surface area (Å²) in [5, 5.41) is 2.50.